The molecule has 2 aliphatic rings. The summed E-state index contributed by atoms with van der Waals surface area (Å²) in [5, 5.41) is 11.3. The van der Waals surface area contributed by atoms with Crippen LogP contribution in [-0.4, -0.2) is 60.5 Å². The number of carbonyl (C=O) groups is 2. The van der Waals surface area contributed by atoms with E-state index in [0.29, 0.717) is 6.42 Å². The van der Waals surface area contributed by atoms with Gasteiger partial charge in [0.1, 0.15) is 18.8 Å². The van der Waals surface area contributed by atoms with Crippen LogP contribution in [-0.2, 0) is 23.7 Å². The van der Waals surface area contributed by atoms with E-state index in [2.05, 4.69) is 5.32 Å². The maximum absolute atomic E-state index is 11.3. The average Bonchev–Trinajstić information content (AvgIpc) is 2.82. The first kappa shape index (κ1) is 16.0. The van der Waals surface area contributed by atoms with Crippen molar-refractivity contribution in [3.8, 4) is 0 Å². The molecule has 8 heteroatoms. The number of amides is 1. The lowest BCUT2D eigenvalue weighted by molar-refractivity contribution is -0.172. The van der Waals surface area contributed by atoms with Gasteiger partial charge in [-0.1, -0.05) is 0 Å². The van der Waals surface area contributed by atoms with Gasteiger partial charge in [-0.25, -0.2) is 9.59 Å². The smallest absolute Gasteiger partial charge is 0.404 e. The van der Waals surface area contributed by atoms with Crippen LogP contribution in [0.2, 0.25) is 0 Å². The van der Waals surface area contributed by atoms with Gasteiger partial charge >= 0.3 is 12.1 Å². The molecule has 0 aromatic heterocycles. The van der Waals surface area contributed by atoms with Crippen LogP contribution in [0.4, 0.5) is 4.79 Å². The minimum Gasteiger partial charge on any atom is -0.465 e. The zero-order chi connectivity index (χ0) is 15.6. The maximum atomic E-state index is 11.3. The van der Waals surface area contributed by atoms with Crippen molar-refractivity contribution in [2.24, 2.45) is 0 Å². The van der Waals surface area contributed by atoms with E-state index in [0.717, 1.165) is 0 Å². The van der Waals surface area contributed by atoms with Crippen molar-refractivity contribution < 1.29 is 33.6 Å². The summed E-state index contributed by atoms with van der Waals surface area (Å²) in [6.07, 6.45) is -2.00. The molecule has 1 heterocycles. The normalized spacial score (nSPS) is 33.5. The lowest BCUT2D eigenvalue weighted by Gasteiger charge is -2.23. The third-order valence-corrected chi connectivity index (χ3v) is 3.44. The number of esters is 1. The van der Waals surface area contributed by atoms with E-state index >= 15 is 0 Å². The fourth-order valence-electron chi connectivity index (χ4n) is 2.77. The largest absolute Gasteiger partial charge is 0.465 e. The van der Waals surface area contributed by atoms with Gasteiger partial charge in [0, 0.05) is 0 Å². The van der Waals surface area contributed by atoms with Gasteiger partial charge in [0.2, 0.25) is 0 Å². The molecule has 0 aromatic carbocycles. The monoisotopic (exact) mass is 303 g/mol. The first-order valence-corrected chi connectivity index (χ1v) is 6.94. The summed E-state index contributed by atoms with van der Waals surface area (Å²) < 4.78 is 21.8. The van der Waals surface area contributed by atoms with Crippen LogP contribution in [0.5, 0.6) is 0 Å². The van der Waals surface area contributed by atoms with Crippen molar-refractivity contribution in [1.82, 2.24) is 5.32 Å². The molecule has 1 aliphatic heterocycles. The highest BCUT2D eigenvalue weighted by atomic mass is 16.8. The molecule has 1 saturated heterocycles. The Labute approximate surface area is 122 Å². The summed E-state index contributed by atoms with van der Waals surface area (Å²) >= 11 is 0. The zero-order valence-corrected chi connectivity index (χ0v) is 12.3. The Balaban J connectivity index is 1.98. The van der Waals surface area contributed by atoms with E-state index in [4.69, 9.17) is 24.1 Å². The van der Waals surface area contributed by atoms with E-state index in [1.54, 1.807) is 20.8 Å². The second kappa shape index (κ2) is 6.17. The molecule has 0 spiro atoms. The second-order valence-corrected chi connectivity index (χ2v) is 5.51. The summed E-state index contributed by atoms with van der Waals surface area (Å²) in [5.74, 6) is -1.26. The van der Waals surface area contributed by atoms with E-state index < -0.39 is 42.2 Å². The van der Waals surface area contributed by atoms with Gasteiger partial charge in [0.15, 0.2) is 5.79 Å². The topological polar surface area (TPSA) is 103 Å². The highest BCUT2D eigenvalue weighted by Crippen LogP contribution is 2.39. The standard InChI is InChI=1S/C13H21NO7/c1-4-18-9(15)6-19-8-5-7(14-12(16)17)10-11(8)21-13(2,3)20-10/h7-8,10-11,14H,4-6H2,1-3H3,(H,16,17). The van der Waals surface area contributed by atoms with Gasteiger partial charge in [-0.3, -0.25) is 0 Å². The molecular weight excluding hydrogens is 282 g/mol. The lowest BCUT2D eigenvalue weighted by Crippen LogP contribution is -2.42. The number of hydrogen-bond donors (Lipinski definition) is 2. The van der Waals surface area contributed by atoms with E-state index in [1.165, 1.54) is 0 Å². The van der Waals surface area contributed by atoms with Crippen LogP contribution in [0.25, 0.3) is 0 Å². The van der Waals surface area contributed by atoms with Gasteiger partial charge < -0.3 is 29.4 Å². The quantitative estimate of drug-likeness (QED) is 0.712. The van der Waals surface area contributed by atoms with Crippen molar-refractivity contribution in [3.63, 3.8) is 0 Å². The maximum Gasteiger partial charge on any atom is 0.404 e. The molecule has 2 rings (SSSR count). The molecule has 0 aromatic rings. The summed E-state index contributed by atoms with van der Waals surface area (Å²) in [4.78, 5) is 22.2. The second-order valence-electron chi connectivity index (χ2n) is 5.51. The molecule has 4 unspecified atom stereocenters. The van der Waals surface area contributed by atoms with Crippen LogP contribution >= 0.6 is 0 Å². The van der Waals surface area contributed by atoms with Crippen LogP contribution in [0, 0.1) is 0 Å². The Hall–Kier alpha value is -1.38. The minimum atomic E-state index is -1.13. The Kier molecular flexibility index (Phi) is 4.70. The van der Waals surface area contributed by atoms with E-state index in [-0.39, 0.29) is 13.2 Å². The molecule has 120 valence electrons. The number of carbonyl (C=O) groups excluding carboxylic acids is 1. The molecule has 2 fully saturated rings. The van der Waals surface area contributed by atoms with E-state index in [9.17, 15) is 9.59 Å². The van der Waals surface area contributed by atoms with Crippen molar-refractivity contribution in [2.45, 2.75) is 57.3 Å². The van der Waals surface area contributed by atoms with Gasteiger partial charge in [-0.05, 0) is 27.2 Å². The van der Waals surface area contributed by atoms with Crippen molar-refractivity contribution in [3.05, 3.63) is 0 Å². The van der Waals surface area contributed by atoms with Crippen molar-refractivity contribution in [2.75, 3.05) is 13.2 Å². The summed E-state index contributed by atoms with van der Waals surface area (Å²) in [5.41, 5.74) is 0. The van der Waals surface area contributed by atoms with Gasteiger partial charge in [-0.15, -0.1) is 0 Å². The van der Waals surface area contributed by atoms with Gasteiger partial charge in [0.05, 0.1) is 18.8 Å². The first-order chi connectivity index (χ1) is 9.82. The Morgan fingerprint density at radius 3 is 2.62 bits per heavy atom. The molecule has 8 nitrogen and oxygen atoms in total. The summed E-state index contributed by atoms with van der Waals surface area (Å²) in [7, 11) is 0. The average molecular weight is 303 g/mol. The molecule has 1 amide bonds. The lowest BCUT2D eigenvalue weighted by atomic mass is 10.2. The third kappa shape index (κ3) is 3.84. The summed E-state index contributed by atoms with van der Waals surface area (Å²) in [6.45, 7) is 5.32. The molecule has 0 bridgehead atoms. The number of nitrogens with one attached hydrogen (secondary N) is 1. The Morgan fingerprint density at radius 2 is 2.00 bits per heavy atom. The van der Waals surface area contributed by atoms with Crippen LogP contribution in [0.3, 0.4) is 0 Å². The van der Waals surface area contributed by atoms with Gasteiger partial charge in [0.25, 0.3) is 0 Å². The first-order valence-electron chi connectivity index (χ1n) is 6.94. The molecule has 4 atom stereocenters. The van der Waals surface area contributed by atoms with Crippen LogP contribution in [0.15, 0.2) is 0 Å². The minimum absolute atomic E-state index is 0.189. The van der Waals surface area contributed by atoms with Crippen LogP contribution in [0.1, 0.15) is 27.2 Å². The molecule has 0 radical (unpaired) electrons. The Bertz CT molecular complexity index is 411. The van der Waals surface area contributed by atoms with Crippen molar-refractivity contribution in [1.29, 1.82) is 0 Å². The predicted octanol–water partition coefficient (Wildman–Crippen LogP) is 0.495. The summed E-state index contributed by atoms with van der Waals surface area (Å²) in [6, 6.07) is -0.429. The SMILES string of the molecule is CCOC(=O)COC1CC(NC(=O)O)C2OC(C)(C)OC12. The number of fused-ring (bicyclic) bond motifs is 1. The van der Waals surface area contributed by atoms with Gasteiger partial charge in [-0.2, -0.15) is 0 Å². The van der Waals surface area contributed by atoms with Crippen LogP contribution < -0.4 is 5.32 Å². The fraction of sp³-hybridized carbons (Fsp3) is 0.846. The molecular formula is C13H21NO7. The Morgan fingerprint density at radius 1 is 1.33 bits per heavy atom. The highest BCUT2D eigenvalue weighted by molar-refractivity contribution is 5.70. The highest BCUT2D eigenvalue weighted by Gasteiger charge is 2.55. The zero-order valence-electron chi connectivity index (χ0n) is 12.3. The number of carboxylic acid groups (broad SMARTS) is 1. The molecule has 2 N–H and O–H groups in total. The third-order valence-electron chi connectivity index (χ3n) is 3.44. The molecule has 1 aliphatic carbocycles. The molecule has 1 saturated carbocycles. The number of rotatable bonds is 5. The number of hydrogen-bond acceptors (Lipinski definition) is 6. The van der Waals surface area contributed by atoms with Crippen molar-refractivity contribution >= 4 is 12.1 Å². The predicted molar refractivity (Wildman–Crippen MR) is 69.8 cm³/mol. The molecule has 21 heavy (non-hydrogen) atoms. The van der Waals surface area contributed by atoms with E-state index in [1.807, 2.05) is 0 Å². The fourth-order valence-corrected chi connectivity index (χ4v) is 2.77. The number of ether oxygens (including phenoxy) is 4.